The average Bonchev–Trinajstić information content (AvgIpc) is 2.39. The molecule has 0 aromatic heterocycles. The Kier molecular flexibility index (Phi) is 3.43. The van der Waals surface area contributed by atoms with Crippen LogP contribution >= 0.6 is 0 Å². The molecule has 0 spiro atoms. The van der Waals surface area contributed by atoms with Crippen molar-refractivity contribution in [2.75, 3.05) is 6.54 Å². The van der Waals surface area contributed by atoms with Gasteiger partial charge in [-0.25, -0.2) is 0 Å². The van der Waals surface area contributed by atoms with Crippen LogP contribution < -0.4 is 5.32 Å². The number of fused-ring (bicyclic) bond motifs is 3. The van der Waals surface area contributed by atoms with E-state index in [1.807, 2.05) is 0 Å². The summed E-state index contributed by atoms with van der Waals surface area (Å²) in [5.74, 6) is 2.61. The van der Waals surface area contributed by atoms with Crippen LogP contribution in [0.4, 0.5) is 0 Å². The number of aryl methyl sites for hydroxylation is 1. The number of hydrogen-bond acceptors (Lipinski definition) is 1. The van der Waals surface area contributed by atoms with Crippen molar-refractivity contribution in [3.8, 4) is 0 Å². The molecule has 1 N–H and O–H groups in total. The molecule has 0 radical (unpaired) electrons. The van der Waals surface area contributed by atoms with E-state index in [0.717, 1.165) is 23.8 Å². The normalized spacial score (nSPS) is 33.4. The van der Waals surface area contributed by atoms with E-state index in [4.69, 9.17) is 0 Å². The SMILES string of the molecule is CCCNC1C(CC)C2c3ccccc3CCC12. The number of hydrogen-bond donors (Lipinski definition) is 1. The van der Waals surface area contributed by atoms with E-state index < -0.39 is 0 Å². The first-order valence-electron chi connectivity index (χ1n) is 7.68. The molecule has 0 amide bonds. The van der Waals surface area contributed by atoms with Gasteiger partial charge in [0.25, 0.3) is 0 Å². The molecule has 1 nitrogen and oxygen atoms in total. The topological polar surface area (TPSA) is 12.0 Å². The fraction of sp³-hybridized carbons (Fsp3) is 0.647. The van der Waals surface area contributed by atoms with Gasteiger partial charge in [-0.05, 0) is 54.7 Å². The largest absolute Gasteiger partial charge is 0.313 e. The van der Waals surface area contributed by atoms with Crippen molar-refractivity contribution < 1.29 is 0 Å². The molecule has 1 saturated carbocycles. The zero-order chi connectivity index (χ0) is 12.5. The first-order chi connectivity index (χ1) is 8.86. The second kappa shape index (κ2) is 5.05. The molecule has 1 fully saturated rings. The second-order valence-corrected chi connectivity index (χ2v) is 5.98. The standard InChI is InChI=1S/C17H25N/c1-3-11-18-17-13(4-2)16-14-8-6-5-7-12(14)9-10-15(16)17/h5-8,13,15-18H,3-4,9-11H2,1-2H3. The summed E-state index contributed by atoms with van der Waals surface area (Å²) in [4.78, 5) is 0. The van der Waals surface area contributed by atoms with E-state index in [1.54, 1.807) is 11.1 Å². The minimum atomic E-state index is 0.785. The van der Waals surface area contributed by atoms with E-state index >= 15 is 0 Å². The lowest BCUT2D eigenvalue weighted by atomic mass is 9.53. The molecule has 98 valence electrons. The van der Waals surface area contributed by atoms with Crippen LogP contribution in [-0.4, -0.2) is 12.6 Å². The minimum Gasteiger partial charge on any atom is -0.313 e. The van der Waals surface area contributed by atoms with Gasteiger partial charge >= 0.3 is 0 Å². The lowest BCUT2D eigenvalue weighted by Crippen LogP contribution is -2.58. The zero-order valence-corrected chi connectivity index (χ0v) is 11.7. The summed E-state index contributed by atoms with van der Waals surface area (Å²) < 4.78 is 0. The van der Waals surface area contributed by atoms with Crippen LogP contribution in [0, 0.1) is 11.8 Å². The lowest BCUT2D eigenvalue weighted by molar-refractivity contribution is 0.0505. The number of nitrogens with one attached hydrogen (secondary N) is 1. The van der Waals surface area contributed by atoms with E-state index in [9.17, 15) is 0 Å². The van der Waals surface area contributed by atoms with Crippen LogP contribution in [0.25, 0.3) is 0 Å². The highest BCUT2D eigenvalue weighted by Crippen LogP contribution is 2.54. The summed E-state index contributed by atoms with van der Waals surface area (Å²) in [6.07, 6.45) is 5.25. The van der Waals surface area contributed by atoms with Crippen LogP contribution in [0.3, 0.4) is 0 Å². The molecule has 18 heavy (non-hydrogen) atoms. The molecule has 2 aliphatic rings. The van der Waals surface area contributed by atoms with Gasteiger partial charge in [0.1, 0.15) is 0 Å². The third-order valence-electron chi connectivity index (χ3n) is 5.11. The Morgan fingerprint density at radius 1 is 1.22 bits per heavy atom. The van der Waals surface area contributed by atoms with Crippen molar-refractivity contribution >= 4 is 0 Å². The van der Waals surface area contributed by atoms with Gasteiger partial charge in [-0.3, -0.25) is 0 Å². The van der Waals surface area contributed by atoms with Gasteiger partial charge in [0.05, 0.1) is 0 Å². The highest BCUT2D eigenvalue weighted by molar-refractivity contribution is 5.37. The molecule has 0 aliphatic heterocycles. The fourth-order valence-electron chi connectivity index (χ4n) is 4.29. The van der Waals surface area contributed by atoms with Gasteiger partial charge < -0.3 is 5.32 Å². The Labute approximate surface area is 111 Å². The highest BCUT2D eigenvalue weighted by Gasteiger charge is 2.51. The third kappa shape index (κ3) is 1.80. The van der Waals surface area contributed by atoms with E-state index in [-0.39, 0.29) is 0 Å². The Hall–Kier alpha value is -0.820. The molecule has 0 heterocycles. The minimum absolute atomic E-state index is 0.785. The number of benzene rings is 1. The van der Waals surface area contributed by atoms with Crippen LogP contribution in [-0.2, 0) is 6.42 Å². The van der Waals surface area contributed by atoms with Crippen LogP contribution in [0.5, 0.6) is 0 Å². The molecule has 1 aromatic rings. The van der Waals surface area contributed by atoms with Gasteiger partial charge in [-0.15, -0.1) is 0 Å². The van der Waals surface area contributed by atoms with E-state index in [1.165, 1.54) is 32.2 Å². The maximum absolute atomic E-state index is 3.80. The predicted molar refractivity (Wildman–Crippen MR) is 76.9 cm³/mol. The van der Waals surface area contributed by atoms with Crippen molar-refractivity contribution in [1.29, 1.82) is 0 Å². The lowest BCUT2D eigenvalue weighted by Gasteiger charge is -2.55. The van der Waals surface area contributed by atoms with E-state index in [0.29, 0.717) is 0 Å². The van der Waals surface area contributed by atoms with Crippen LogP contribution in [0.15, 0.2) is 24.3 Å². The van der Waals surface area contributed by atoms with Gasteiger partial charge in [-0.2, -0.15) is 0 Å². The monoisotopic (exact) mass is 243 g/mol. The van der Waals surface area contributed by atoms with Crippen molar-refractivity contribution in [3.63, 3.8) is 0 Å². The summed E-state index contributed by atoms with van der Waals surface area (Å²) in [5.41, 5.74) is 3.28. The summed E-state index contributed by atoms with van der Waals surface area (Å²) in [6, 6.07) is 9.93. The first-order valence-corrected chi connectivity index (χ1v) is 7.68. The summed E-state index contributed by atoms with van der Waals surface area (Å²) >= 11 is 0. The van der Waals surface area contributed by atoms with Crippen LogP contribution in [0.1, 0.15) is 50.2 Å². The van der Waals surface area contributed by atoms with Crippen molar-refractivity contribution in [1.82, 2.24) is 5.32 Å². The predicted octanol–water partition coefficient (Wildman–Crippen LogP) is 3.74. The van der Waals surface area contributed by atoms with Crippen LogP contribution in [0.2, 0.25) is 0 Å². The van der Waals surface area contributed by atoms with Crippen molar-refractivity contribution in [2.24, 2.45) is 11.8 Å². The van der Waals surface area contributed by atoms with Gasteiger partial charge in [0.2, 0.25) is 0 Å². The molecule has 3 rings (SSSR count). The fourth-order valence-corrected chi connectivity index (χ4v) is 4.29. The molecular weight excluding hydrogens is 218 g/mol. The maximum atomic E-state index is 3.80. The average molecular weight is 243 g/mol. The molecule has 4 unspecified atom stereocenters. The molecule has 0 bridgehead atoms. The molecule has 0 saturated heterocycles. The number of rotatable bonds is 4. The summed E-state index contributed by atoms with van der Waals surface area (Å²) in [5, 5.41) is 3.80. The molecule has 2 aliphatic carbocycles. The Morgan fingerprint density at radius 2 is 2.06 bits per heavy atom. The Morgan fingerprint density at radius 3 is 2.83 bits per heavy atom. The highest BCUT2D eigenvalue weighted by atomic mass is 15.0. The van der Waals surface area contributed by atoms with Crippen molar-refractivity contribution in [3.05, 3.63) is 35.4 Å². The summed E-state index contributed by atoms with van der Waals surface area (Å²) in [6.45, 7) is 5.81. The van der Waals surface area contributed by atoms with Gasteiger partial charge in [0.15, 0.2) is 0 Å². The molecule has 1 aromatic carbocycles. The third-order valence-corrected chi connectivity index (χ3v) is 5.11. The second-order valence-electron chi connectivity index (χ2n) is 5.98. The molecule has 1 heteroatoms. The van der Waals surface area contributed by atoms with Gasteiger partial charge in [0, 0.05) is 6.04 Å². The van der Waals surface area contributed by atoms with Gasteiger partial charge in [-0.1, -0.05) is 44.5 Å². The molecule has 4 atom stereocenters. The summed E-state index contributed by atoms with van der Waals surface area (Å²) in [7, 11) is 0. The smallest absolute Gasteiger partial charge is 0.0135 e. The Bertz CT molecular complexity index is 412. The van der Waals surface area contributed by atoms with Crippen molar-refractivity contribution in [2.45, 2.75) is 51.5 Å². The maximum Gasteiger partial charge on any atom is 0.0135 e. The molecular formula is C17H25N. The Balaban J connectivity index is 1.82. The first kappa shape index (κ1) is 12.2. The zero-order valence-electron chi connectivity index (χ0n) is 11.7. The quantitative estimate of drug-likeness (QED) is 0.849. The van der Waals surface area contributed by atoms with E-state index in [2.05, 4.69) is 43.4 Å².